The van der Waals surface area contributed by atoms with Gasteiger partial charge in [-0.25, -0.2) is 0 Å². The summed E-state index contributed by atoms with van der Waals surface area (Å²) in [5.41, 5.74) is 13.4. The van der Waals surface area contributed by atoms with Gasteiger partial charge in [-0.3, -0.25) is 0 Å². The van der Waals surface area contributed by atoms with Crippen LogP contribution in [0, 0.1) is 0 Å². The molecule has 6 heterocycles. The fourth-order valence-corrected chi connectivity index (χ4v) is 16.4. The van der Waals surface area contributed by atoms with Gasteiger partial charge in [0.1, 0.15) is 5.58 Å². The number of rotatable bonds is 8. The largest absolute Gasteiger partial charge is 0.453 e. The zero-order chi connectivity index (χ0) is 88.4. The standard InChI is InChI=1S/C98H72BN5O/c1-97(2,3)66-45-50-86-77(56-66)78-57-67(98(4,5)6)46-51-87(78)104(86)90-59-91-93-94(92(90)76-38-24-36-74-75-37-25-43-88(96(75)105-95(74)76)103-84-41-22-18-34-72(84)73-35-19-23-42-85(73)103)100-81-55-63(60-26-10-7-11-27-60)44-48-79(81)99(93)80-49-47-68(101-82-39-20-16-32-70(82)71-33-17-21-40-83(71)101)58-89(80)102(91)69-53-64(61-28-12-8-13-29-61)52-65(54-69)62-30-14-9-15-31-62/h7-59,100H,1-6H3/i7D,10D,11D,16D,17D,18D,19D,20D,21D,22D,23D,26D,27D,32D,33D,34D,35D,39D,40D,41D,42D. The highest BCUT2D eigenvalue weighted by molar-refractivity contribution is 7.00. The van der Waals surface area contributed by atoms with Crippen molar-refractivity contribution in [3.8, 4) is 61.6 Å². The number of anilines is 5. The number of fused-ring (bicyclic) bond motifs is 16. The van der Waals surface area contributed by atoms with Gasteiger partial charge >= 0.3 is 0 Å². The first-order chi connectivity index (χ1) is 60.1. The van der Waals surface area contributed by atoms with Crippen LogP contribution in [-0.2, 0) is 10.8 Å². The molecule has 0 aliphatic carbocycles. The molecule has 0 unspecified atom stereocenters. The van der Waals surface area contributed by atoms with Crippen LogP contribution in [-0.4, -0.2) is 20.4 Å². The Labute approximate surface area is 639 Å². The summed E-state index contributed by atoms with van der Waals surface area (Å²) in [5.74, 6) is 0. The molecule has 2 aliphatic heterocycles. The molecule has 15 aromatic carbocycles. The smallest absolute Gasteiger partial charge is 0.252 e. The molecule has 0 saturated carbocycles. The van der Waals surface area contributed by atoms with Gasteiger partial charge in [-0.2, -0.15) is 0 Å². The van der Waals surface area contributed by atoms with E-state index in [9.17, 15) is 16.4 Å². The second-order valence-electron chi connectivity index (χ2n) is 29.3. The molecule has 1 N–H and O–H groups in total. The highest BCUT2D eigenvalue weighted by Gasteiger charge is 2.44. The molecule has 19 aromatic rings. The third-order valence-corrected chi connectivity index (χ3v) is 21.3. The number of hydrogen-bond acceptors (Lipinski definition) is 3. The summed E-state index contributed by atoms with van der Waals surface area (Å²) >= 11 is 0. The van der Waals surface area contributed by atoms with E-state index in [-0.39, 0.29) is 82.5 Å². The summed E-state index contributed by atoms with van der Waals surface area (Å²) < 4.78 is 209. The Morgan fingerprint density at radius 1 is 0.333 bits per heavy atom. The van der Waals surface area contributed by atoms with E-state index in [0.29, 0.717) is 78.0 Å². The first-order valence-corrected chi connectivity index (χ1v) is 35.0. The maximum Gasteiger partial charge on any atom is 0.252 e. The third kappa shape index (κ3) is 9.30. The van der Waals surface area contributed by atoms with E-state index < -0.39 is 134 Å². The van der Waals surface area contributed by atoms with Crippen molar-refractivity contribution in [2.75, 3.05) is 10.2 Å². The molecule has 0 bridgehead atoms. The molecule has 2 aliphatic rings. The molecule has 21 rings (SSSR count). The monoisotopic (exact) mass is 1370 g/mol. The van der Waals surface area contributed by atoms with Gasteiger partial charge in [0.05, 0.1) is 73.3 Å². The Bertz CT molecular complexity index is 7870. The molecule has 0 fully saturated rings. The summed E-state index contributed by atoms with van der Waals surface area (Å²) in [6, 6.07) is 52.5. The zero-order valence-electron chi connectivity index (χ0n) is 78.7. The number of hydrogen-bond donors (Lipinski definition) is 1. The molecular formula is C98H72BN5O. The summed E-state index contributed by atoms with van der Waals surface area (Å²) in [6.45, 7) is 12.2. The second kappa shape index (κ2) is 22.8. The normalized spacial score (nSPS) is 15.7. The predicted octanol–water partition coefficient (Wildman–Crippen LogP) is 24.5. The Morgan fingerprint density at radius 2 is 0.857 bits per heavy atom. The summed E-state index contributed by atoms with van der Waals surface area (Å²) in [7, 11) is 0. The van der Waals surface area contributed by atoms with Crippen molar-refractivity contribution in [2.45, 2.75) is 52.4 Å². The van der Waals surface area contributed by atoms with Crippen LogP contribution in [0.1, 0.15) is 81.5 Å². The van der Waals surface area contributed by atoms with Crippen molar-refractivity contribution in [1.29, 1.82) is 0 Å². The van der Waals surface area contributed by atoms with Crippen molar-refractivity contribution in [3.63, 3.8) is 0 Å². The van der Waals surface area contributed by atoms with Crippen molar-refractivity contribution in [1.82, 2.24) is 13.7 Å². The Morgan fingerprint density at radius 3 is 1.44 bits per heavy atom. The van der Waals surface area contributed by atoms with Crippen molar-refractivity contribution in [3.05, 3.63) is 332 Å². The van der Waals surface area contributed by atoms with Crippen LogP contribution in [0.4, 0.5) is 28.4 Å². The summed E-state index contributed by atoms with van der Waals surface area (Å²) in [4.78, 5) is 2.18. The first kappa shape index (κ1) is 43.2. The molecule has 4 aromatic heterocycles. The lowest BCUT2D eigenvalue weighted by Gasteiger charge is -2.42. The van der Waals surface area contributed by atoms with Crippen molar-refractivity contribution in [2.24, 2.45) is 0 Å². The molecule has 498 valence electrons. The van der Waals surface area contributed by atoms with Crippen LogP contribution in [0.5, 0.6) is 0 Å². The Kier molecular flexibility index (Phi) is 9.39. The molecule has 0 radical (unpaired) electrons. The number of nitrogens with zero attached hydrogens (tertiary/aromatic N) is 4. The van der Waals surface area contributed by atoms with Gasteiger partial charge < -0.3 is 28.3 Å². The maximum atomic E-state index is 9.84. The molecule has 0 saturated heterocycles. The minimum absolute atomic E-state index is 0.0627. The van der Waals surface area contributed by atoms with E-state index in [0.717, 1.165) is 55.2 Å². The summed E-state index contributed by atoms with van der Waals surface area (Å²) in [5, 5.41) is 6.55. The molecule has 6 nitrogen and oxygen atoms in total. The number of furan rings is 1. The minimum Gasteiger partial charge on any atom is -0.453 e. The van der Waals surface area contributed by atoms with Crippen LogP contribution >= 0.6 is 0 Å². The molecule has 7 heteroatoms. The van der Waals surface area contributed by atoms with Crippen molar-refractivity contribution < 1.29 is 33.2 Å². The number of benzene rings is 15. The lowest BCUT2D eigenvalue weighted by molar-refractivity contribution is 0.590. The lowest BCUT2D eigenvalue weighted by Crippen LogP contribution is -2.60. The van der Waals surface area contributed by atoms with Crippen molar-refractivity contribution >= 4 is 139 Å². The van der Waals surface area contributed by atoms with Crippen LogP contribution in [0.25, 0.3) is 149 Å². The van der Waals surface area contributed by atoms with Gasteiger partial charge in [-0.05, 0) is 169 Å². The van der Waals surface area contributed by atoms with Crippen LogP contribution in [0.2, 0.25) is 0 Å². The molecule has 0 atom stereocenters. The molecule has 0 amide bonds. The van der Waals surface area contributed by atoms with Gasteiger partial charge in [-0.1, -0.05) is 266 Å². The van der Waals surface area contributed by atoms with Crippen LogP contribution in [0.15, 0.2) is 325 Å². The lowest BCUT2D eigenvalue weighted by atomic mass is 9.33. The van der Waals surface area contributed by atoms with E-state index >= 15 is 0 Å². The van der Waals surface area contributed by atoms with E-state index in [1.807, 2.05) is 103 Å². The van der Waals surface area contributed by atoms with Gasteiger partial charge in [0, 0.05) is 88.3 Å². The Hall–Kier alpha value is -12.8. The highest BCUT2D eigenvalue weighted by atomic mass is 16.3. The molecular weight excluding hydrogens is 1270 g/mol. The molecule has 105 heavy (non-hydrogen) atoms. The second-order valence-corrected chi connectivity index (χ2v) is 29.3. The number of para-hydroxylation sites is 6. The van der Waals surface area contributed by atoms with E-state index in [1.54, 1.807) is 30.3 Å². The third-order valence-electron chi connectivity index (χ3n) is 21.3. The maximum absolute atomic E-state index is 9.84. The van der Waals surface area contributed by atoms with Gasteiger partial charge in [-0.15, -0.1) is 0 Å². The number of nitrogens with one attached hydrogen (secondary N) is 1. The molecule has 0 spiro atoms. The van der Waals surface area contributed by atoms with E-state index in [4.69, 9.17) is 16.8 Å². The van der Waals surface area contributed by atoms with E-state index in [2.05, 4.69) is 117 Å². The SMILES string of the molecule is [2H]c1c([2H])c([2H])c(-c2ccc3c(c2)Nc2c4c(cc(-n5c6ccc(C(C)(C)C)cc6c6cc(C(C)(C)C)ccc65)c2-c2cccc5c2oc2c(-n6c7c([2H])c([2H])c([2H])c([2H])c7c7c([2H])c([2H])c([2H])c([2H])c76)cccc25)N(c2cc(-c5ccccc5)cc(-c5ccccc5)c2)c2cc(-n5c6c([2H])c([2H])c([2H])c([2H])c6c6c([2H])c([2H])c([2H])c([2H])c65)ccc2B34)c([2H])c1[2H]. The van der Waals surface area contributed by atoms with Crippen LogP contribution in [0.3, 0.4) is 0 Å². The van der Waals surface area contributed by atoms with Gasteiger partial charge in [0.25, 0.3) is 6.71 Å². The quantitative estimate of drug-likeness (QED) is 0.154. The fraction of sp³-hybridized carbons (Fsp3) is 0.0816. The average Bonchev–Trinajstić information content (AvgIpc) is 1.21. The van der Waals surface area contributed by atoms with Crippen LogP contribution < -0.4 is 26.6 Å². The fourth-order valence-electron chi connectivity index (χ4n) is 16.4. The first-order valence-electron chi connectivity index (χ1n) is 45.5. The number of aromatic nitrogens is 3. The van der Waals surface area contributed by atoms with E-state index in [1.165, 1.54) is 9.13 Å². The zero-order valence-corrected chi connectivity index (χ0v) is 57.7. The minimum atomic E-state index is -0.870. The summed E-state index contributed by atoms with van der Waals surface area (Å²) in [6.07, 6.45) is 0. The Balaban J connectivity index is 0.967. The highest BCUT2D eigenvalue weighted by Crippen LogP contribution is 2.53. The van der Waals surface area contributed by atoms with Gasteiger partial charge in [0.2, 0.25) is 0 Å². The topological polar surface area (TPSA) is 43.2 Å². The average molecular weight is 1370 g/mol. The predicted molar refractivity (Wildman–Crippen MR) is 445 cm³/mol. The van der Waals surface area contributed by atoms with Gasteiger partial charge in [0.15, 0.2) is 5.58 Å².